The Balaban J connectivity index is 2.09. The summed E-state index contributed by atoms with van der Waals surface area (Å²) in [5, 5.41) is 2.69. The summed E-state index contributed by atoms with van der Waals surface area (Å²) < 4.78 is 28.4. The fourth-order valence-corrected chi connectivity index (χ4v) is 3.08. The maximum atomic E-state index is 12.3. The predicted molar refractivity (Wildman–Crippen MR) is 104 cm³/mol. The molecule has 2 rings (SSSR count). The number of aryl methyl sites for hydroxylation is 1. The van der Waals surface area contributed by atoms with E-state index in [1.54, 1.807) is 12.1 Å². The molecule has 0 saturated carbocycles. The first-order valence-corrected chi connectivity index (χ1v) is 10.5. The van der Waals surface area contributed by atoms with Crippen LogP contribution >= 0.6 is 11.6 Å². The highest BCUT2D eigenvalue weighted by Crippen LogP contribution is 2.22. The van der Waals surface area contributed by atoms with Gasteiger partial charge in [0.05, 0.1) is 15.5 Å². The highest BCUT2D eigenvalue weighted by molar-refractivity contribution is 7.90. The molecule has 2 aromatic rings. The Kier molecular flexibility index (Phi) is 6.62. The second-order valence-corrected chi connectivity index (χ2v) is 8.42. The SMILES string of the molecule is CCc1ccc(NC(=O)[C@@H](C)OC(=O)c2cc(S(C)(=O)=O)ccc2Cl)cc1. The van der Waals surface area contributed by atoms with Crippen LogP contribution in [-0.2, 0) is 25.8 Å². The Morgan fingerprint density at radius 1 is 1.15 bits per heavy atom. The van der Waals surface area contributed by atoms with Crippen LogP contribution < -0.4 is 5.32 Å². The van der Waals surface area contributed by atoms with Crippen molar-refractivity contribution in [1.82, 2.24) is 0 Å². The van der Waals surface area contributed by atoms with Crippen LogP contribution in [0.3, 0.4) is 0 Å². The molecule has 27 heavy (non-hydrogen) atoms. The van der Waals surface area contributed by atoms with Crippen molar-refractivity contribution in [2.24, 2.45) is 0 Å². The van der Waals surface area contributed by atoms with Crippen molar-refractivity contribution in [3.05, 3.63) is 58.6 Å². The number of esters is 1. The van der Waals surface area contributed by atoms with Gasteiger partial charge in [-0.2, -0.15) is 0 Å². The third kappa shape index (κ3) is 5.55. The van der Waals surface area contributed by atoms with Crippen molar-refractivity contribution < 1.29 is 22.7 Å². The second kappa shape index (κ2) is 8.54. The lowest BCUT2D eigenvalue weighted by Gasteiger charge is -2.14. The van der Waals surface area contributed by atoms with Gasteiger partial charge in [0.2, 0.25) is 0 Å². The number of hydrogen-bond acceptors (Lipinski definition) is 5. The second-order valence-electron chi connectivity index (χ2n) is 6.00. The van der Waals surface area contributed by atoms with E-state index < -0.39 is 27.8 Å². The van der Waals surface area contributed by atoms with Gasteiger partial charge < -0.3 is 10.1 Å². The minimum absolute atomic E-state index is 0.0372. The average molecular weight is 410 g/mol. The normalized spacial score (nSPS) is 12.3. The number of halogens is 1. The number of carbonyl (C=O) groups excluding carboxylic acids is 2. The van der Waals surface area contributed by atoms with E-state index in [0.717, 1.165) is 24.3 Å². The van der Waals surface area contributed by atoms with Crippen molar-refractivity contribution in [1.29, 1.82) is 0 Å². The number of rotatable bonds is 6. The molecule has 0 heterocycles. The van der Waals surface area contributed by atoms with Crippen LogP contribution in [0.1, 0.15) is 29.8 Å². The molecule has 0 saturated heterocycles. The van der Waals surface area contributed by atoms with E-state index in [9.17, 15) is 18.0 Å². The molecule has 0 fully saturated rings. The Labute approximate surface area is 163 Å². The molecule has 1 amide bonds. The predicted octanol–water partition coefficient (Wildman–Crippen LogP) is 3.49. The van der Waals surface area contributed by atoms with Crippen molar-refractivity contribution in [3.8, 4) is 0 Å². The van der Waals surface area contributed by atoms with Crippen LogP contribution in [0.5, 0.6) is 0 Å². The third-order valence-corrected chi connectivity index (χ3v) is 5.31. The van der Waals surface area contributed by atoms with E-state index >= 15 is 0 Å². The summed E-state index contributed by atoms with van der Waals surface area (Å²) in [6.07, 6.45) is 0.808. The molecule has 8 heteroatoms. The summed E-state index contributed by atoms with van der Waals surface area (Å²) >= 11 is 5.97. The molecule has 0 aliphatic rings. The van der Waals surface area contributed by atoms with E-state index in [4.69, 9.17) is 16.3 Å². The van der Waals surface area contributed by atoms with E-state index in [1.165, 1.54) is 19.1 Å². The van der Waals surface area contributed by atoms with Crippen LogP contribution in [0.2, 0.25) is 5.02 Å². The summed E-state index contributed by atoms with van der Waals surface area (Å²) in [6, 6.07) is 11.0. The quantitative estimate of drug-likeness (QED) is 0.737. The van der Waals surface area contributed by atoms with Crippen LogP contribution in [0.25, 0.3) is 0 Å². The molecule has 0 aliphatic carbocycles. The molecule has 0 spiro atoms. The maximum Gasteiger partial charge on any atom is 0.340 e. The highest BCUT2D eigenvalue weighted by Gasteiger charge is 2.22. The molecule has 2 aromatic carbocycles. The van der Waals surface area contributed by atoms with Gasteiger partial charge in [-0.25, -0.2) is 13.2 Å². The number of hydrogen-bond donors (Lipinski definition) is 1. The fraction of sp³-hybridized carbons (Fsp3) is 0.263. The standard InChI is InChI=1S/C19H20ClNO5S/c1-4-13-5-7-14(8-6-13)21-18(22)12(2)26-19(23)16-11-15(27(3,24)25)9-10-17(16)20/h5-12H,4H2,1-3H3,(H,21,22)/t12-/m1/s1. The molecule has 0 aromatic heterocycles. The summed E-state index contributed by atoms with van der Waals surface area (Å²) in [5.74, 6) is -1.39. The van der Waals surface area contributed by atoms with Gasteiger partial charge in [-0.1, -0.05) is 30.7 Å². The Morgan fingerprint density at radius 3 is 2.33 bits per heavy atom. The zero-order valence-corrected chi connectivity index (χ0v) is 16.7. The lowest BCUT2D eigenvalue weighted by atomic mass is 10.1. The molecular formula is C19H20ClNO5S. The lowest BCUT2D eigenvalue weighted by molar-refractivity contribution is -0.123. The van der Waals surface area contributed by atoms with E-state index in [0.29, 0.717) is 5.69 Å². The molecule has 1 N–H and O–H groups in total. The first kappa shape index (κ1) is 20.9. The van der Waals surface area contributed by atoms with Crippen LogP contribution in [0, 0.1) is 0 Å². The van der Waals surface area contributed by atoms with Gasteiger partial charge in [0.25, 0.3) is 5.91 Å². The zero-order valence-electron chi connectivity index (χ0n) is 15.2. The van der Waals surface area contributed by atoms with Crippen molar-refractivity contribution in [2.45, 2.75) is 31.3 Å². The van der Waals surface area contributed by atoms with Gasteiger partial charge in [0, 0.05) is 11.9 Å². The lowest BCUT2D eigenvalue weighted by Crippen LogP contribution is -2.30. The van der Waals surface area contributed by atoms with Crippen LogP contribution in [0.15, 0.2) is 47.4 Å². The monoisotopic (exact) mass is 409 g/mol. The number of benzene rings is 2. The van der Waals surface area contributed by atoms with Crippen molar-refractivity contribution in [3.63, 3.8) is 0 Å². The molecule has 0 bridgehead atoms. The van der Waals surface area contributed by atoms with Crippen molar-refractivity contribution in [2.75, 3.05) is 11.6 Å². The van der Waals surface area contributed by atoms with Gasteiger partial charge in [0.1, 0.15) is 0 Å². The minimum atomic E-state index is -3.51. The summed E-state index contributed by atoms with van der Waals surface area (Å²) in [4.78, 5) is 24.5. The number of amides is 1. The largest absolute Gasteiger partial charge is 0.449 e. The Bertz CT molecular complexity index is 955. The molecule has 6 nitrogen and oxygen atoms in total. The summed E-state index contributed by atoms with van der Waals surface area (Å²) in [5.41, 5.74) is 1.59. The van der Waals surface area contributed by atoms with Crippen LogP contribution in [0.4, 0.5) is 5.69 Å². The topological polar surface area (TPSA) is 89.5 Å². The fourth-order valence-electron chi connectivity index (χ4n) is 2.24. The Hall–Kier alpha value is -2.38. The summed E-state index contributed by atoms with van der Waals surface area (Å²) in [7, 11) is -3.51. The zero-order chi connectivity index (χ0) is 20.2. The molecule has 1 atom stereocenters. The number of ether oxygens (including phenoxy) is 1. The minimum Gasteiger partial charge on any atom is -0.449 e. The van der Waals surface area contributed by atoms with E-state index in [1.807, 2.05) is 19.1 Å². The third-order valence-electron chi connectivity index (χ3n) is 3.87. The van der Waals surface area contributed by atoms with Gasteiger partial charge in [-0.15, -0.1) is 0 Å². The number of sulfone groups is 1. The van der Waals surface area contributed by atoms with Gasteiger partial charge in [0.15, 0.2) is 15.9 Å². The first-order valence-electron chi connectivity index (χ1n) is 8.22. The Morgan fingerprint density at radius 2 is 1.78 bits per heavy atom. The van der Waals surface area contributed by atoms with Gasteiger partial charge in [-0.3, -0.25) is 4.79 Å². The molecule has 0 radical (unpaired) electrons. The van der Waals surface area contributed by atoms with Gasteiger partial charge in [-0.05, 0) is 49.2 Å². The molecular weight excluding hydrogens is 390 g/mol. The smallest absolute Gasteiger partial charge is 0.340 e. The highest BCUT2D eigenvalue weighted by atomic mass is 35.5. The van der Waals surface area contributed by atoms with E-state index in [2.05, 4.69) is 5.32 Å². The summed E-state index contributed by atoms with van der Waals surface area (Å²) in [6.45, 7) is 3.45. The van der Waals surface area contributed by atoms with Crippen molar-refractivity contribution >= 4 is 39.0 Å². The van der Waals surface area contributed by atoms with Crippen LogP contribution in [-0.4, -0.2) is 32.7 Å². The number of anilines is 1. The molecule has 0 aliphatic heterocycles. The molecule has 144 valence electrons. The maximum absolute atomic E-state index is 12.3. The number of carbonyl (C=O) groups is 2. The van der Waals surface area contributed by atoms with Gasteiger partial charge >= 0.3 is 5.97 Å². The molecule has 0 unspecified atom stereocenters. The van der Waals surface area contributed by atoms with E-state index in [-0.39, 0.29) is 15.5 Å². The first-order chi connectivity index (χ1) is 12.6. The number of nitrogens with one attached hydrogen (secondary N) is 1. The average Bonchev–Trinajstić information content (AvgIpc) is 2.61.